The molecule has 122 valence electrons. The Morgan fingerprint density at radius 1 is 1.17 bits per heavy atom. The van der Waals surface area contributed by atoms with Crippen LogP contribution in [0.3, 0.4) is 0 Å². The van der Waals surface area contributed by atoms with Gasteiger partial charge in [0.1, 0.15) is 0 Å². The zero-order valence-electron chi connectivity index (χ0n) is 12.9. The third-order valence-corrected chi connectivity index (χ3v) is 4.01. The van der Waals surface area contributed by atoms with E-state index in [-0.39, 0.29) is 12.5 Å². The molecule has 0 unspecified atom stereocenters. The number of carboxylic acids is 1. The number of aliphatic carboxylic acids is 1. The number of hydrogen-bond acceptors (Lipinski definition) is 3. The molecule has 7 nitrogen and oxygen atoms in total. The number of hydrogen-bond donors (Lipinski definition) is 2. The first-order chi connectivity index (χ1) is 11.2. The van der Waals surface area contributed by atoms with Gasteiger partial charge in [-0.25, -0.2) is 9.78 Å². The smallest absolute Gasteiger partial charge is 0.324 e. The molecule has 0 saturated carbocycles. The number of benzene rings is 1. The van der Waals surface area contributed by atoms with E-state index in [0.717, 1.165) is 30.4 Å². The van der Waals surface area contributed by atoms with Crippen molar-refractivity contribution in [3.63, 3.8) is 0 Å². The molecular formula is C16H20N4O3. The molecule has 0 aliphatic carbocycles. The van der Waals surface area contributed by atoms with Crippen LogP contribution in [-0.2, 0) is 11.3 Å². The van der Waals surface area contributed by atoms with E-state index >= 15 is 0 Å². The third kappa shape index (κ3) is 3.28. The van der Waals surface area contributed by atoms with E-state index in [4.69, 9.17) is 5.11 Å². The Kier molecular flexibility index (Phi) is 4.45. The number of carbonyl (C=O) groups excluding carboxylic acids is 1. The van der Waals surface area contributed by atoms with Gasteiger partial charge in [-0.05, 0) is 25.0 Å². The molecule has 1 aromatic carbocycles. The average molecular weight is 316 g/mol. The predicted octanol–water partition coefficient (Wildman–Crippen LogP) is 2.21. The number of urea groups is 1. The lowest BCUT2D eigenvalue weighted by Gasteiger charge is -2.14. The minimum atomic E-state index is -0.773. The molecule has 0 radical (unpaired) electrons. The molecule has 0 spiro atoms. The molecule has 2 aromatic rings. The second-order valence-corrected chi connectivity index (χ2v) is 5.64. The van der Waals surface area contributed by atoms with Crippen LogP contribution in [-0.4, -0.2) is 39.7 Å². The molecule has 0 bridgehead atoms. The number of unbranched alkanes of at least 4 members (excludes halogenated alkanes) is 2. The van der Waals surface area contributed by atoms with Crippen molar-refractivity contribution in [1.82, 2.24) is 14.9 Å². The standard InChI is InChI=1S/C16H20N4O3/c21-14(22)8-2-1-5-9-17-16(23)20-11-10-19-13-7-4-3-6-12(13)18-15(19)20/h3-4,6-7H,1-2,5,8-11H2,(H,17,23)(H,21,22). The van der Waals surface area contributed by atoms with Crippen LogP contribution in [0.15, 0.2) is 24.3 Å². The van der Waals surface area contributed by atoms with Gasteiger partial charge in [-0.1, -0.05) is 18.6 Å². The maximum absolute atomic E-state index is 12.3. The number of rotatable bonds is 6. The molecule has 2 heterocycles. The fourth-order valence-electron chi connectivity index (χ4n) is 2.85. The zero-order valence-corrected chi connectivity index (χ0v) is 12.9. The molecule has 2 amide bonds. The average Bonchev–Trinajstić information content (AvgIpc) is 3.09. The van der Waals surface area contributed by atoms with Gasteiger partial charge in [-0.2, -0.15) is 0 Å². The second kappa shape index (κ2) is 6.68. The Hall–Kier alpha value is -2.57. The van der Waals surface area contributed by atoms with Crippen molar-refractivity contribution in [2.45, 2.75) is 32.2 Å². The van der Waals surface area contributed by atoms with Crippen LogP contribution in [0.1, 0.15) is 25.7 Å². The number of nitrogens with one attached hydrogen (secondary N) is 1. The second-order valence-electron chi connectivity index (χ2n) is 5.64. The minimum Gasteiger partial charge on any atom is -0.481 e. The van der Waals surface area contributed by atoms with Crippen LogP contribution in [0.25, 0.3) is 11.0 Å². The number of amides is 2. The van der Waals surface area contributed by atoms with Gasteiger partial charge in [-0.3, -0.25) is 9.69 Å². The normalized spacial score (nSPS) is 13.3. The Balaban J connectivity index is 1.53. The molecule has 0 fully saturated rings. The van der Waals surface area contributed by atoms with Gasteiger partial charge >= 0.3 is 12.0 Å². The van der Waals surface area contributed by atoms with Crippen LogP contribution in [0.5, 0.6) is 0 Å². The zero-order chi connectivity index (χ0) is 16.2. The van der Waals surface area contributed by atoms with Gasteiger partial charge in [0.05, 0.1) is 11.0 Å². The van der Waals surface area contributed by atoms with E-state index in [1.165, 1.54) is 0 Å². The minimum absolute atomic E-state index is 0.141. The van der Waals surface area contributed by atoms with Crippen LogP contribution < -0.4 is 10.2 Å². The Bertz CT molecular complexity index is 725. The maximum atomic E-state index is 12.3. The number of carbonyl (C=O) groups is 2. The van der Waals surface area contributed by atoms with Gasteiger partial charge < -0.3 is 15.0 Å². The molecular weight excluding hydrogens is 296 g/mol. The molecule has 7 heteroatoms. The summed E-state index contributed by atoms with van der Waals surface area (Å²) in [7, 11) is 0. The highest BCUT2D eigenvalue weighted by molar-refractivity contribution is 5.93. The van der Waals surface area contributed by atoms with E-state index in [0.29, 0.717) is 25.5 Å². The molecule has 3 rings (SSSR count). The highest BCUT2D eigenvalue weighted by Gasteiger charge is 2.27. The van der Waals surface area contributed by atoms with Gasteiger partial charge in [0.25, 0.3) is 0 Å². The summed E-state index contributed by atoms with van der Waals surface area (Å²) < 4.78 is 2.06. The lowest BCUT2D eigenvalue weighted by molar-refractivity contribution is -0.137. The number of aromatic nitrogens is 2. The number of anilines is 1. The summed E-state index contributed by atoms with van der Waals surface area (Å²) >= 11 is 0. The molecule has 1 aliphatic heterocycles. The van der Waals surface area contributed by atoms with Gasteiger partial charge in [0.2, 0.25) is 5.95 Å². The summed E-state index contributed by atoms with van der Waals surface area (Å²) in [5.74, 6) is -0.0837. The monoisotopic (exact) mass is 316 g/mol. The van der Waals surface area contributed by atoms with E-state index in [1.807, 2.05) is 24.3 Å². The highest BCUT2D eigenvalue weighted by Crippen LogP contribution is 2.26. The maximum Gasteiger partial charge on any atom is 0.324 e. The first-order valence-electron chi connectivity index (χ1n) is 7.89. The van der Waals surface area contributed by atoms with Crippen molar-refractivity contribution in [2.24, 2.45) is 0 Å². The van der Waals surface area contributed by atoms with Gasteiger partial charge in [0.15, 0.2) is 0 Å². The van der Waals surface area contributed by atoms with Crippen molar-refractivity contribution < 1.29 is 14.7 Å². The lowest BCUT2D eigenvalue weighted by Crippen LogP contribution is -2.39. The van der Waals surface area contributed by atoms with Gasteiger partial charge in [0, 0.05) is 26.1 Å². The van der Waals surface area contributed by atoms with Crippen LogP contribution >= 0.6 is 0 Å². The first kappa shape index (κ1) is 15.3. The van der Waals surface area contributed by atoms with Crippen molar-refractivity contribution in [2.75, 3.05) is 18.0 Å². The number of imidazole rings is 1. The summed E-state index contributed by atoms with van der Waals surface area (Å²) in [6.07, 6.45) is 2.41. The summed E-state index contributed by atoms with van der Waals surface area (Å²) in [5.41, 5.74) is 1.94. The molecule has 1 aliphatic rings. The summed E-state index contributed by atoms with van der Waals surface area (Å²) in [5, 5.41) is 11.5. The van der Waals surface area contributed by atoms with E-state index in [1.54, 1.807) is 4.90 Å². The van der Waals surface area contributed by atoms with Crippen molar-refractivity contribution in [3.8, 4) is 0 Å². The van der Waals surface area contributed by atoms with Crippen LogP contribution in [0.2, 0.25) is 0 Å². The molecule has 2 N–H and O–H groups in total. The molecule has 23 heavy (non-hydrogen) atoms. The lowest BCUT2D eigenvalue weighted by atomic mass is 10.2. The van der Waals surface area contributed by atoms with Crippen LogP contribution in [0, 0.1) is 0 Å². The molecule has 0 atom stereocenters. The third-order valence-electron chi connectivity index (χ3n) is 4.01. The Labute approximate surface area is 133 Å². The van der Waals surface area contributed by atoms with E-state index < -0.39 is 5.97 Å². The fraction of sp³-hybridized carbons (Fsp3) is 0.438. The van der Waals surface area contributed by atoms with Crippen molar-refractivity contribution in [1.29, 1.82) is 0 Å². The number of nitrogens with zero attached hydrogens (tertiary/aromatic N) is 3. The predicted molar refractivity (Wildman–Crippen MR) is 86.6 cm³/mol. The van der Waals surface area contributed by atoms with E-state index in [9.17, 15) is 9.59 Å². The summed E-state index contributed by atoms with van der Waals surface area (Å²) in [6, 6.07) is 7.72. The summed E-state index contributed by atoms with van der Waals surface area (Å²) in [6.45, 7) is 1.93. The van der Waals surface area contributed by atoms with Gasteiger partial charge in [-0.15, -0.1) is 0 Å². The molecule has 1 aromatic heterocycles. The number of carboxylic acid groups (broad SMARTS) is 1. The summed E-state index contributed by atoms with van der Waals surface area (Å²) in [4.78, 5) is 28.9. The Morgan fingerprint density at radius 2 is 2.00 bits per heavy atom. The number of para-hydroxylation sites is 2. The largest absolute Gasteiger partial charge is 0.481 e. The van der Waals surface area contributed by atoms with E-state index in [2.05, 4.69) is 14.9 Å². The number of fused-ring (bicyclic) bond motifs is 3. The Morgan fingerprint density at radius 3 is 2.83 bits per heavy atom. The SMILES string of the molecule is O=C(O)CCCCCNC(=O)N1CCn2c1nc1ccccc12. The van der Waals surface area contributed by atoms with Crippen molar-refractivity contribution >= 4 is 29.0 Å². The quantitative estimate of drug-likeness (QED) is 0.800. The first-order valence-corrected chi connectivity index (χ1v) is 7.89. The van der Waals surface area contributed by atoms with Crippen molar-refractivity contribution in [3.05, 3.63) is 24.3 Å². The highest BCUT2D eigenvalue weighted by atomic mass is 16.4. The van der Waals surface area contributed by atoms with Crippen LogP contribution in [0.4, 0.5) is 10.7 Å². The fourth-order valence-corrected chi connectivity index (χ4v) is 2.85. The topological polar surface area (TPSA) is 87.5 Å². The molecule has 0 saturated heterocycles.